The number of alkyl carbamates (subject to hydrolysis) is 2. The van der Waals surface area contributed by atoms with Gasteiger partial charge in [0.1, 0.15) is 35.4 Å². The molecule has 2 saturated heterocycles. The summed E-state index contributed by atoms with van der Waals surface area (Å²) >= 11 is 0. The maximum absolute atomic E-state index is 14.0. The van der Waals surface area contributed by atoms with Crippen molar-refractivity contribution in [2.45, 2.75) is 91.1 Å². The lowest BCUT2D eigenvalue weighted by Crippen LogP contribution is -2.58. The van der Waals surface area contributed by atoms with Gasteiger partial charge < -0.3 is 49.5 Å². The second kappa shape index (κ2) is 20.1. The number of aromatic nitrogens is 4. The van der Waals surface area contributed by atoms with Crippen LogP contribution in [0.4, 0.5) is 14.4 Å². The molecule has 340 valence electrons. The summed E-state index contributed by atoms with van der Waals surface area (Å²) in [6, 6.07) is 13.1. The van der Waals surface area contributed by atoms with Gasteiger partial charge in [0, 0.05) is 30.8 Å². The second-order valence-electron chi connectivity index (χ2n) is 17.6. The molecule has 4 atom stereocenters. The zero-order valence-electron chi connectivity index (χ0n) is 38.0. The molecule has 1 unspecified atom stereocenters. The molecule has 4 aromatic rings. The molecule has 0 aliphatic carbocycles. The molecule has 2 aromatic carbocycles. The van der Waals surface area contributed by atoms with Gasteiger partial charge in [0.2, 0.25) is 11.8 Å². The monoisotopic (exact) mass is 877 g/mol. The Labute approximate surface area is 374 Å². The summed E-state index contributed by atoms with van der Waals surface area (Å²) in [4.78, 5) is 86.0. The normalized spacial score (nSPS) is 17.3. The van der Waals surface area contributed by atoms with Crippen molar-refractivity contribution in [1.29, 1.82) is 0 Å². The smallest absolute Gasteiger partial charge is 0.410 e. The van der Waals surface area contributed by atoms with Gasteiger partial charge in [-0.2, -0.15) is 0 Å². The zero-order chi connectivity index (χ0) is 46.3. The molecule has 0 spiro atoms. The summed E-state index contributed by atoms with van der Waals surface area (Å²) in [5.41, 5.74) is 4.23. The Balaban J connectivity index is 1.13. The van der Waals surface area contributed by atoms with Crippen LogP contribution in [0.5, 0.6) is 0 Å². The standard InChI is InChI=1S/C47H59N9O8/c1-28(2)38(52-44(59)62-8)42(57)55-22-10-11-36(55)40-48-25-34(50-40)32-18-14-30(15-19-32)12-13-31-16-20-33(21-17-31)35-26-49-41(51-35)37-27-54(46(61)64-47(5,6)7)23-24-56(37)43(58)39(29(3)4)53-45(60)63-9/h14-21,25-26,28-29,36-39H,10-11,22-24,27H2,1-9H3,(H,48,50)(H,49,51)(H,52,59)(H,53,60)/t36-,37-,38?,39-/m0/s1. The first kappa shape index (κ1) is 46.7. The number of amides is 5. The highest BCUT2D eigenvalue weighted by Gasteiger charge is 2.41. The maximum Gasteiger partial charge on any atom is 0.410 e. The number of ether oxygens (including phenoxy) is 3. The van der Waals surface area contributed by atoms with E-state index in [-0.39, 0.29) is 49.3 Å². The van der Waals surface area contributed by atoms with Crippen LogP contribution in [-0.4, -0.2) is 123 Å². The van der Waals surface area contributed by atoms with Gasteiger partial charge in [0.25, 0.3) is 0 Å². The fourth-order valence-corrected chi connectivity index (χ4v) is 7.76. The number of imidazole rings is 2. The minimum Gasteiger partial charge on any atom is -0.453 e. The highest BCUT2D eigenvalue weighted by Crippen LogP contribution is 2.33. The molecule has 17 nitrogen and oxygen atoms in total. The van der Waals surface area contributed by atoms with E-state index in [4.69, 9.17) is 14.2 Å². The minimum absolute atomic E-state index is 0.122. The fraction of sp³-hybridized carbons (Fsp3) is 0.468. The van der Waals surface area contributed by atoms with E-state index in [0.717, 1.165) is 40.8 Å². The van der Waals surface area contributed by atoms with Crippen molar-refractivity contribution in [2.75, 3.05) is 40.4 Å². The number of benzene rings is 2. The van der Waals surface area contributed by atoms with Crippen LogP contribution in [0.15, 0.2) is 60.9 Å². The van der Waals surface area contributed by atoms with Crippen LogP contribution in [0.1, 0.15) is 96.2 Å². The summed E-state index contributed by atoms with van der Waals surface area (Å²) in [5.74, 6) is 6.81. The molecule has 64 heavy (non-hydrogen) atoms. The Hall–Kier alpha value is -6.83. The SMILES string of the molecule is COC(=O)NC(C(=O)N1CCC[C@H]1c1ncc(-c2ccc(C#Cc3ccc(-c4cnc([C@@H]5CN(C(=O)OC(C)(C)C)CCN5C(=O)[C@@H](NC(=O)OC)C(C)C)[nH]4)cc3)cc2)[nH]1)C(C)C. The zero-order valence-corrected chi connectivity index (χ0v) is 38.0. The first-order chi connectivity index (χ1) is 30.5. The summed E-state index contributed by atoms with van der Waals surface area (Å²) in [6.45, 7) is 14.0. The first-order valence-electron chi connectivity index (χ1n) is 21.6. The van der Waals surface area contributed by atoms with Crippen LogP contribution in [-0.2, 0) is 23.8 Å². The lowest BCUT2D eigenvalue weighted by atomic mass is 10.0. The predicted octanol–water partition coefficient (Wildman–Crippen LogP) is 6.41. The molecule has 0 radical (unpaired) electrons. The number of aromatic amines is 2. The van der Waals surface area contributed by atoms with Crippen LogP contribution in [0, 0.1) is 23.7 Å². The molecule has 0 bridgehead atoms. The highest BCUT2D eigenvalue weighted by molar-refractivity contribution is 5.87. The predicted molar refractivity (Wildman–Crippen MR) is 238 cm³/mol. The number of nitrogens with one attached hydrogen (secondary N) is 4. The van der Waals surface area contributed by atoms with E-state index in [1.807, 2.05) is 76.2 Å². The van der Waals surface area contributed by atoms with Crippen LogP contribution in [0.3, 0.4) is 0 Å². The van der Waals surface area contributed by atoms with Gasteiger partial charge in [-0.25, -0.2) is 24.4 Å². The first-order valence-corrected chi connectivity index (χ1v) is 21.6. The van der Waals surface area contributed by atoms with E-state index in [2.05, 4.69) is 42.4 Å². The van der Waals surface area contributed by atoms with Gasteiger partial charge in [-0.15, -0.1) is 0 Å². The summed E-state index contributed by atoms with van der Waals surface area (Å²) < 4.78 is 15.2. The number of hydrogen-bond donors (Lipinski definition) is 4. The minimum atomic E-state index is -0.856. The molecule has 2 fully saturated rings. The van der Waals surface area contributed by atoms with E-state index in [0.29, 0.717) is 23.9 Å². The summed E-state index contributed by atoms with van der Waals surface area (Å²) in [7, 11) is 2.53. The maximum atomic E-state index is 14.0. The summed E-state index contributed by atoms with van der Waals surface area (Å²) in [6.07, 6.45) is 3.22. The van der Waals surface area contributed by atoms with Gasteiger partial charge >= 0.3 is 18.3 Å². The number of carbonyl (C=O) groups is 5. The molecule has 2 aliphatic heterocycles. The molecule has 4 N–H and O–H groups in total. The topological polar surface area (TPSA) is 204 Å². The third-order valence-corrected chi connectivity index (χ3v) is 11.2. The van der Waals surface area contributed by atoms with E-state index in [1.54, 1.807) is 47.9 Å². The van der Waals surface area contributed by atoms with Crippen molar-refractivity contribution in [2.24, 2.45) is 11.8 Å². The number of nitrogens with zero attached hydrogens (tertiary/aromatic N) is 5. The van der Waals surface area contributed by atoms with Gasteiger partial charge in [-0.1, -0.05) is 63.8 Å². The quantitative estimate of drug-likeness (QED) is 0.102. The number of rotatable bonds is 10. The highest BCUT2D eigenvalue weighted by atomic mass is 16.6. The van der Waals surface area contributed by atoms with Gasteiger partial charge in [-0.3, -0.25) is 9.59 Å². The summed E-state index contributed by atoms with van der Waals surface area (Å²) in [5, 5.41) is 5.35. The average molecular weight is 878 g/mol. The van der Waals surface area contributed by atoms with Crippen molar-refractivity contribution in [3.8, 4) is 34.4 Å². The van der Waals surface area contributed by atoms with Gasteiger partial charge in [-0.05, 0) is 80.8 Å². The van der Waals surface area contributed by atoms with Crippen LogP contribution >= 0.6 is 0 Å². The Bertz CT molecular complexity index is 2350. The Kier molecular flexibility index (Phi) is 14.7. The molecule has 0 saturated carbocycles. The lowest BCUT2D eigenvalue weighted by Gasteiger charge is -2.42. The lowest BCUT2D eigenvalue weighted by molar-refractivity contribution is -0.140. The van der Waals surface area contributed by atoms with Crippen LogP contribution < -0.4 is 10.6 Å². The molecule has 17 heteroatoms. The third kappa shape index (κ3) is 11.2. The third-order valence-electron chi connectivity index (χ3n) is 11.2. The largest absolute Gasteiger partial charge is 0.453 e. The molecule has 2 aliphatic rings. The van der Waals surface area contributed by atoms with E-state index < -0.39 is 42.0 Å². The van der Waals surface area contributed by atoms with Crippen LogP contribution in [0.25, 0.3) is 22.5 Å². The Morgan fingerprint density at radius 2 is 1.14 bits per heavy atom. The number of carbonyl (C=O) groups excluding carboxylic acids is 5. The molecular formula is C47H59N9O8. The number of H-pyrrole nitrogens is 2. The van der Waals surface area contributed by atoms with E-state index >= 15 is 0 Å². The van der Waals surface area contributed by atoms with Crippen molar-refractivity contribution < 1.29 is 38.2 Å². The van der Waals surface area contributed by atoms with E-state index in [1.165, 1.54) is 14.2 Å². The number of piperazine rings is 1. The van der Waals surface area contributed by atoms with E-state index in [9.17, 15) is 24.0 Å². The Morgan fingerprint density at radius 1 is 0.688 bits per heavy atom. The van der Waals surface area contributed by atoms with Crippen molar-refractivity contribution in [3.63, 3.8) is 0 Å². The molecule has 2 aromatic heterocycles. The van der Waals surface area contributed by atoms with Crippen molar-refractivity contribution >= 4 is 30.1 Å². The van der Waals surface area contributed by atoms with Crippen LogP contribution in [0.2, 0.25) is 0 Å². The number of methoxy groups -OCH3 is 2. The average Bonchev–Trinajstić information content (AvgIpc) is 4.08. The fourth-order valence-electron chi connectivity index (χ4n) is 7.76. The number of likely N-dealkylation sites (tertiary alicyclic amines) is 1. The number of hydrogen-bond acceptors (Lipinski definition) is 10. The molecule has 4 heterocycles. The molecule has 5 amide bonds. The molecular weight excluding hydrogens is 819 g/mol. The van der Waals surface area contributed by atoms with Gasteiger partial charge in [0.05, 0.1) is 50.6 Å². The van der Waals surface area contributed by atoms with Crippen molar-refractivity contribution in [1.82, 2.24) is 45.3 Å². The van der Waals surface area contributed by atoms with Crippen molar-refractivity contribution in [3.05, 3.63) is 83.7 Å². The second-order valence-corrected chi connectivity index (χ2v) is 17.6. The molecule has 6 rings (SSSR count). The van der Waals surface area contributed by atoms with Gasteiger partial charge in [0.15, 0.2) is 0 Å². The Morgan fingerprint density at radius 3 is 1.58 bits per heavy atom.